The van der Waals surface area contributed by atoms with Crippen LogP contribution < -0.4 is 15.4 Å². The Morgan fingerprint density at radius 2 is 2.05 bits per heavy atom. The summed E-state index contributed by atoms with van der Waals surface area (Å²) in [6.07, 6.45) is 2.01. The highest BCUT2D eigenvalue weighted by molar-refractivity contribution is 7.80. The molecule has 0 radical (unpaired) electrons. The third-order valence-corrected chi connectivity index (χ3v) is 3.08. The van der Waals surface area contributed by atoms with Crippen molar-refractivity contribution < 1.29 is 4.74 Å². The Kier molecular flexibility index (Phi) is 4.41. The van der Waals surface area contributed by atoms with Gasteiger partial charge in [0.05, 0.1) is 19.3 Å². The van der Waals surface area contributed by atoms with Crippen LogP contribution in [0.15, 0.2) is 42.6 Å². The lowest BCUT2D eigenvalue weighted by Crippen LogP contribution is -2.28. The maximum absolute atomic E-state index is 5.27. The van der Waals surface area contributed by atoms with Gasteiger partial charge in [-0.25, -0.2) is 0 Å². The van der Waals surface area contributed by atoms with E-state index in [0.717, 1.165) is 11.4 Å². The van der Waals surface area contributed by atoms with Crippen LogP contribution in [0.1, 0.15) is 5.69 Å². The van der Waals surface area contributed by atoms with Gasteiger partial charge >= 0.3 is 0 Å². The molecule has 0 saturated carbocycles. The highest BCUT2D eigenvalue weighted by Gasteiger charge is 2.04. The van der Waals surface area contributed by atoms with Crippen LogP contribution in [0.2, 0.25) is 0 Å². The predicted molar refractivity (Wildman–Crippen MR) is 81.5 cm³/mol. The number of hydrogen-bond acceptors (Lipinski definition) is 2. The Labute approximate surface area is 118 Å². The molecule has 0 aliphatic rings. The molecule has 4 nitrogen and oxygen atoms in total. The summed E-state index contributed by atoms with van der Waals surface area (Å²) in [5, 5.41) is 6.87. The van der Waals surface area contributed by atoms with Crippen molar-refractivity contribution in [3.8, 4) is 5.75 Å². The third kappa shape index (κ3) is 3.48. The highest BCUT2D eigenvalue weighted by atomic mass is 32.1. The number of nitrogens with one attached hydrogen (secondary N) is 2. The van der Waals surface area contributed by atoms with Gasteiger partial charge < -0.3 is 19.9 Å². The van der Waals surface area contributed by atoms with Crippen LogP contribution in [0.25, 0.3) is 0 Å². The minimum atomic E-state index is 0.575. The van der Waals surface area contributed by atoms with E-state index in [2.05, 4.69) is 21.3 Å². The van der Waals surface area contributed by atoms with Gasteiger partial charge in [0.2, 0.25) is 0 Å². The van der Waals surface area contributed by atoms with E-state index in [1.54, 1.807) is 7.11 Å². The molecule has 2 aromatic rings. The maximum Gasteiger partial charge on any atom is 0.171 e. The fourth-order valence-electron chi connectivity index (χ4n) is 1.77. The summed E-state index contributed by atoms with van der Waals surface area (Å²) >= 11 is 5.27. The molecule has 0 amide bonds. The van der Waals surface area contributed by atoms with E-state index in [0.29, 0.717) is 11.7 Å². The third-order valence-electron chi connectivity index (χ3n) is 2.84. The summed E-state index contributed by atoms with van der Waals surface area (Å²) in [6.45, 7) is 0.685. The first-order chi connectivity index (χ1) is 9.20. The summed E-state index contributed by atoms with van der Waals surface area (Å²) in [5.41, 5.74) is 2.03. The average molecular weight is 275 g/mol. The average Bonchev–Trinajstić information content (AvgIpc) is 2.82. The lowest BCUT2D eigenvalue weighted by Gasteiger charge is -2.13. The molecule has 0 bridgehead atoms. The topological polar surface area (TPSA) is 38.2 Å². The molecule has 0 atom stereocenters. The van der Waals surface area contributed by atoms with Crippen molar-refractivity contribution in [3.63, 3.8) is 0 Å². The maximum atomic E-state index is 5.27. The molecule has 1 heterocycles. The predicted octanol–water partition coefficient (Wildman–Crippen LogP) is 2.52. The van der Waals surface area contributed by atoms with Crippen LogP contribution >= 0.6 is 12.2 Å². The normalized spacial score (nSPS) is 10.0. The van der Waals surface area contributed by atoms with Crippen LogP contribution in [0.4, 0.5) is 5.69 Å². The minimum Gasteiger partial charge on any atom is -0.495 e. The Morgan fingerprint density at radius 1 is 1.26 bits per heavy atom. The SMILES string of the molecule is COc1ccccc1NC(=S)NCc1cccn1C. The van der Waals surface area contributed by atoms with E-state index in [4.69, 9.17) is 17.0 Å². The first kappa shape index (κ1) is 13.4. The molecular weight excluding hydrogens is 258 g/mol. The number of para-hydroxylation sites is 2. The fraction of sp³-hybridized carbons (Fsp3) is 0.214. The molecule has 0 saturated heterocycles. The monoisotopic (exact) mass is 275 g/mol. The number of hydrogen-bond donors (Lipinski definition) is 2. The lowest BCUT2D eigenvalue weighted by atomic mass is 10.3. The number of thiocarbonyl (C=S) groups is 1. The Bertz CT molecular complexity index is 565. The van der Waals surface area contributed by atoms with E-state index in [1.807, 2.05) is 43.6 Å². The molecule has 0 aliphatic heterocycles. The van der Waals surface area contributed by atoms with Crippen LogP contribution in [0, 0.1) is 0 Å². The van der Waals surface area contributed by atoms with Gasteiger partial charge in [-0.05, 0) is 36.5 Å². The van der Waals surface area contributed by atoms with Gasteiger partial charge in [0, 0.05) is 18.9 Å². The number of benzene rings is 1. The van der Waals surface area contributed by atoms with Crippen molar-refractivity contribution in [2.24, 2.45) is 7.05 Å². The van der Waals surface area contributed by atoms with Crippen molar-refractivity contribution in [1.82, 2.24) is 9.88 Å². The summed E-state index contributed by atoms with van der Waals surface area (Å²) in [6, 6.07) is 11.7. The summed E-state index contributed by atoms with van der Waals surface area (Å²) in [5.74, 6) is 0.769. The first-order valence-electron chi connectivity index (χ1n) is 5.99. The number of aryl methyl sites for hydroxylation is 1. The molecule has 2 N–H and O–H groups in total. The van der Waals surface area contributed by atoms with Crippen LogP contribution in [0.3, 0.4) is 0 Å². The van der Waals surface area contributed by atoms with Crippen molar-refractivity contribution in [1.29, 1.82) is 0 Å². The van der Waals surface area contributed by atoms with E-state index >= 15 is 0 Å². The lowest BCUT2D eigenvalue weighted by molar-refractivity contribution is 0.417. The Balaban J connectivity index is 1.93. The Morgan fingerprint density at radius 3 is 2.74 bits per heavy atom. The number of methoxy groups -OCH3 is 1. The second-order valence-corrected chi connectivity index (χ2v) is 4.53. The van der Waals surface area contributed by atoms with Gasteiger partial charge in [0.25, 0.3) is 0 Å². The molecule has 2 rings (SSSR count). The van der Waals surface area contributed by atoms with Crippen LogP contribution in [-0.4, -0.2) is 16.8 Å². The second-order valence-electron chi connectivity index (χ2n) is 4.12. The van der Waals surface area contributed by atoms with Crippen LogP contribution in [-0.2, 0) is 13.6 Å². The number of anilines is 1. The van der Waals surface area contributed by atoms with Gasteiger partial charge in [-0.1, -0.05) is 12.1 Å². The summed E-state index contributed by atoms with van der Waals surface area (Å²) in [4.78, 5) is 0. The molecule has 1 aromatic heterocycles. The van der Waals surface area contributed by atoms with Gasteiger partial charge in [-0.15, -0.1) is 0 Å². The molecular formula is C14H17N3OS. The zero-order valence-electron chi connectivity index (χ0n) is 11.0. The zero-order valence-corrected chi connectivity index (χ0v) is 11.8. The molecule has 5 heteroatoms. The zero-order chi connectivity index (χ0) is 13.7. The smallest absolute Gasteiger partial charge is 0.171 e. The van der Waals surface area contributed by atoms with Gasteiger partial charge in [0.15, 0.2) is 5.11 Å². The number of nitrogens with zero attached hydrogens (tertiary/aromatic N) is 1. The number of rotatable bonds is 4. The molecule has 0 fully saturated rings. The fourth-order valence-corrected chi connectivity index (χ4v) is 1.95. The first-order valence-corrected chi connectivity index (χ1v) is 6.39. The minimum absolute atomic E-state index is 0.575. The van der Waals surface area contributed by atoms with E-state index in [1.165, 1.54) is 5.69 Å². The molecule has 19 heavy (non-hydrogen) atoms. The van der Waals surface area contributed by atoms with E-state index < -0.39 is 0 Å². The molecule has 0 unspecified atom stereocenters. The largest absolute Gasteiger partial charge is 0.495 e. The molecule has 0 spiro atoms. The van der Waals surface area contributed by atoms with Crippen molar-refractivity contribution >= 4 is 23.0 Å². The summed E-state index contributed by atoms with van der Waals surface area (Å²) in [7, 11) is 3.65. The van der Waals surface area contributed by atoms with Crippen molar-refractivity contribution in [3.05, 3.63) is 48.3 Å². The second kappa shape index (κ2) is 6.24. The number of aromatic nitrogens is 1. The molecule has 0 aliphatic carbocycles. The molecule has 1 aromatic carbocycles. The quantitative estimate of drug-likeness (QED) is 0.841. The standard InChI is InChI=1S/C14H17N3OS/c1-17-9-5-6-11(17)10-15-14(19)16-12-7-3-4-8-13(12)18-2/h3-9H,10H2,1-2H3,(H2,15,16,19). The van der Waals surface area contributed by atoms with Gasteiger partial charge in [0.1, 0.15) is 5.75 Å². The van der Waals surface area contributed by atoms with Crippen LogP contribution in [0.5, 0.6) is 5.75 Å². The Hall–Kier alpha value is -2.01. The number of ether oxygens (including phenoxy) is 1. The van der Waals surface area contributed by atoms with Crippen molar-refractivity contribution in [2.45, 2.75) is 6.54 Å². The highest BCUT2D eigenvalue weighted by Crippen LogP contribution is 2.22. The van der Waals surface area contributed by atoms with Gasteiger partial charge in [-0.3, -0.25) is 0 Å². The van der Waals surface area contributed by atoms with Crippen molar-refractivity contribution in [2.75, 3.05) is 12.4 Å². The van der Waals surface area contributed by atoms with Gasteiger partial charge in [-0.2, -0.15) is 0 Å². The summed E-state index contributed by atoms with van der Waals surface area (Å²) < 4.78 is 7.32. The van der Waals surface area contributed by atoms with E-state index in [-0.39, 0.29) is 0 Å². The van der Waals surface area contributed by atoms with E-state index in [9.17, 15) is 0 Å². The molecule has 100 valence electrons.